The number of halogens is 1. The molecule has 1 fully saturated rings. The molecular formula is C16H15FO3. The molecule has 0 saturated carbocycles. The van der Waals surface area contributed by atoms with E-state index in [0.29, 0.717) is 29.5 Å². The van der Waals surface area contributed by atoms with E-state index in [2.05, 4.69) is 0 Å². The third-order valence-electron chi connectivity index (χ3n) is 3.56. The first-order valence-electron chi connectivity index (χ1n) is 6.68. The van der Waals surface area contributed by atoms with Gasteiger partial charge in [0.1, 0.15) is 5.82 Å². The smallest absolute Gasteiger partial charge is 0.338 e. The number of ether oxygens (including phenoxy) is 2. The fourth-order valence-electron chi connectivity index (χ4n) is 2.43. The van der Waals surface area contributed by atoms with E-state index < -0.39 is 5.97 Å². The topological polar surface area (TPSA) is 35.5 Å². The number of esters is 1. The molecule has 0 aromatic heterocycles. The maximum absolute atomic E-state index is 13.7. The molecule has 2 aromatic carbocycles. The van der Waals surface area contributed by atoms with Gasteiger partial charge in [-0.15, -0.1) is 0 Å². The van der Waals surface area contributed by atoms with Gasteiger partial charge in [-0.1, -0.05) is 24.3 Å². The lowest BCUT2D eigenvalue weighted by molar-refractivity contribution is 0.0430. The molecule has 3 nitrogen and oxygen atoms in total. The monoisotopic (exact) mass is 274 g/mol. The second-order valence-corrected chi connectivity index (χ2v) is 4.97. The second-order valence-electron chi connectivity index (χ2n) is 4.97. The molecule has 4 heteroatoms. The number of rotatable bonds is 3. The van der Waals surface area contributed by atoms with E-state index in [1.165, 1.54) is 12.1 Å². The molecule has 1 aliphatic heterocycles. The summed E-state index contributed by atoms with van der Waals surface area (Å²) < 4.78 is 24.3. The molecular weight excluding hydrogens is 259 g/mol. The largest absolute Gasteiger partial charge is 0.462 e. The molecule has 1 atom stereocenters. The normalized spacial score (nSPS) is 18.4. The average molecular weight is 274 g/mol. The minimum atomic E-state index is -0.409. The van der Waals surface area contributed by atoms with Crippen LogP contribution in [0.2, 0.25) is 0 Å². The molecule has 0 N–H and O–H groups in total. The molecule has 2 aromatic rings. The molecule has 104 valence electrons. The number of hydrogen-bond acceptors (Lipinski definition) is 3. The summed E-state index contributed by atoms with van der Waals surface area (Å²) >= 11 is 0. The quantitative estimate of drug-likeness (QED) is 0.806. The molecule has 0 bridgehead atoms. The molecule has 1 saturated heterocycles. The third-order valence-corrected chi connectivity index (χ3v) is 3.56. The van der Waals surface area contributed by atoms with Gasteiger partial charge in [0.15, 0.2) is 0 Å². The molecule has 1 aliphatic rings. The lowest BCUT2D eigenvalue weighted by atomic mass is 10.0. The summed E-state index contributed by atoms with van der Waals surface area (Å²) in [5.41, 5.74) is 0.404. The van der Waals surface area contributed by atoms with Crippen LogP contribution in [0.15, 0.2) is 36.4 Å². The van der Waals surface area contributed by atoms with Gasteiger partial charge in [-0.25, -0.2) is 9.18 Å². The molecule has 0 amide bonds. The second kappa shape index (κ2) is 5.59. The van der Waals surface area contributed by atoms with Crippen molar-refractivity contribution in [2.75, 3.05) is 19.8 Å². The van der Waals surface area contributed by atoms with E-state index in [1.54, 1.807) is 24.3 Å². The molecule has 1 heterocycles. The van der Waals surface area contributed by atoms with Crippen molar-refractivity contribution < 1.29 is 18.7 Å². The zero-order valence-electron chi connectivity index (χ0n) is 11.0. The van der Waals surface area contributed by atoms with Crippen LogP contribution in [0, 0.1) is 11.7 Å². The van der Waals surface area contributed by atoms with Gasteiger partial charge in [0.05, 0.1) is 18.8 Å². The fourth-order valence-corrected chi connectivity index (χ4v) is 2.43. The van der Waals surface area contributed by atoms with E-state index in [0.717, 1.165) is 13.0 Å². The highest BCUT2D eigenvalue weighted by Crippen LogP contribution is 2.23. The van der Waals surface area contributed by atoms with Crippen molar-refractivity contribution >= 4 is 16.7 Å². The van der Waals surface area contributed by atoms with E-state index in [-0.39, 0.29) is 11.7 Å². The Bertz CT molecular complexity index is 633. The van der Waals surface area contributed by atoms with Crippen molar-refractivity contribution in [3.8, 4) is 0 Å². The van der Waals surface area contributed by atoms with Crippen LogP contribution in [-0.4, -0.2) is 25.8 Å². The molecule has 0 aliphatic carbocycles. The minimum absolute atomic E-state index is 0.269. The molecule has 0 spiro atoms. The maximum Gasteiger partial charge on any atom is 0.338 e. The Kier molecular flexibility index (Phi) is 3.65. The summed E-state index contributed by atoms with van der Waals surface area (Å²) in [5.74, 6) is -0.472. The first kappa shape index (κ1) is 13.1. The number of hydrogen-bond donors (Lipinski definition) is 0. The summed E-state index contributed by atoms with van der Waals surface area (Å²) in [4.78, 5) is 12.1. The number of benzene rings is 2. The van der Waals surface area contributed by atoms with Crippen molar-refractivity contribution in [2.24, 2.45) is 5.92 Å². The summed E-state index contributed by atoms with van der Waals surface area (Å²) in [6.45, 7) is 1.71. The van der Waals surface area contributed by atoms with Crippen molar-refractivity contribution in [1.82, 2.24) is 0 Å². The van der Waals surface area contributed by atoms with Crippen LogP contribution < -0.4 is 0 Å². The van der Waals surface area contributed by atoms with Crippen LogP contribution in [0.1, 0.15) is 16.8 Å². The van der Waals surface area contributed by atoms with Crippen molar-refractivity contribution in [1.29, 1.82) is 0 Å². The third kappa shape index (κ3) is 2.51. The summed E-state index contributed by atoms with van der Waals surface area (Å²) in [5, 5.41) is 1.02. The zero-order valence-corrected chi connectivity index (χ0v) is 11.0. The van der Waals surface area contributed by atoms with Gasteiger partial charge in [-0.3, -0.25) is 0 Å². The number of carbonyl (C=O) groups excluding carboxylic acids is 1. The van der Waals surface area contributed by atoms with E-state index >= 15 is 0 Å². The minimum Gasteiger partial charge on any atom is -0.462 e. The lowest BCUT2D eigenvalue weighted by Gasteiger charge is -2.10. The Hall–Kier alpha value is -1.94. The van der Waals surface area contributed by atoms with Gasteiger partial charge in [0, 0.05) is 17.9 Å². The number of fused-ring (bicyclic) bond motifs is 1. The summed E-state index contributed by atoms with van der Waals surface area (Å²) in [7, 11) is 0. The summed E-state index contributed by atoms with van der Waals surface area (Å²) in [6.07, 6.45) is 0.914. The number of carbonyl (C=O) groups is 1. The highest BCUT2D eigenvalue weighted by atomic mass is 19.1. The van der Waals surface area contributed by atoms with E-state index in [1.807, 2.05) is 0 Å². The molecule has 20 heavy (non-hydrogen) atoms. The fraction of sp³-hybridized carbons (Fsp3) is 0.312. The van der Waals surface area contributed by atoms with Crippen molar-refractivity contribution in [3.63, 3.8) is 0 Å². The van der Waals surface area contributed by atoms with E-state index in [9.17, 15) is 9.18 Å². The highest BCUT2D eigenvalue weighted by molar-refractivity contribution is 6.04. The molecule has 0 radical (unpaired) electrons. The maximum atomic E-state index is 13.7. The Balaban J connectivity index is 1.82. The van der Waals surface area contributed by atoms with Crippen LogP contribution in [0.3, 0.4) is 0 Å². The predicted octanol–water partition coefficient (Wildman–Crippen LogP) is 3.17. The van der Waals surface area contributed by atoms with Gasteiger partial charge in [0.25, 0.3) is 0 Å². The molecule has 3 rings (SSSR count). The standard InChI is InChI=1S/C16H15FO3/c17-15-6-5-14(12-3-1-2-4-13(12)15)16(18)20-10-11-7-8-19-9-11/h1-6,11H,7-10H2. The van der Waals surface area contributed by atoms with Crippen LogP contribution in [0.25, 0.3) is 10.8 Å². The van der Waals surface area contributed by atoms with Gasteiger partial charge >= 0.3 is 5.97 Å². The first-order valence-corrected chi connectivity index (χ1v) is 6.68. The predicted molar refractivity (Wildman–Crippen MR) is 73.1 cm³/mol. The van der Waals surface area contributed by atoms with E-state index in [4.69, 9.17) is 9.47 Å². The average Bonchev–Trinajstić information content (AvgIpc) is 2.99. The SMILES string of the molecule is O=C(OCC1CCOC1)c1ccc(F)c2ccccc12. The van der Waals surface area contributed by atoms with Crippen molar-refractivity contribution in [3.05, 3.63) is 47.8 Å². The Morgan fingerprint density at radius 1 is 1.25 bits per heavy atom. The summed E-state index contributed by atoms with van der Waals surface area (Å²) in [6, 6.07) is 9.70. The highest BCUT2D eigenvalue weighted by Gasteiger charge is 2.19. The first-order chi connectivity index (χ1) is 9.75. The zero-order chi connectivity index (χ0) is 13.9. The van der Waals surface area contributed by atoms with Crippen LogP contribution >= 0.6 is 0 Å². The van der Waals surface area contributed by atoms with Gasteiger partial charge in [-0.2, -0.15) is 0 Å². The Labute approximate surface area is 116 Å². The van der Waals surface area contributed by atoms with Gasteiger partial charge in [0.2, 0.25) is 0 Å². The van der Waals surface area contributed by atoms with Crippen molar-refractivity contribution in [2.45, 2.75) is 6.42 Å². The molecule has 1 unspecified atom stereocenters. The Morgan fingerprint density at radius 2 is 2.05 bits per heavy atom. The van der Waals surface area contributed by atoms with Crippen LogP contribution in [0.5, 0.6) is 0 Å². The van der Waals surface area contributed by atoms with Gasteiger partial charge < -0.3 is 9.47 Å². The lowest BCUT2D eigenvalue weighted by Crippen LogP contribution is -2.14. The van der Waals surface area contributed by atoms with Crippen LogP contribution in [-0.2, 0) is 9.47 Å². The van der Waals surface area contributed by atoms with Gasteiger partial charge in [-0.05, 0) is 23.9 Å². The van der Waals surface area contributed by atoms with Crippen LogP contribution in [0.4, 0.5) is 4.39 Å². The Morgan fingerprint density at radius 3 is 2.80 bits per heavy atom.